The molecule has 2 heterocycles. The standard InChI is InChI=1S/C22H21Cl2N3O5/c23-15-1-4-17(5-2-15)31-13-21(29)26-9-7-25(8-10-26)20(28)12-27-18-11-16(24)3-6-19(18)32-14-22(27)30/h1-6,11H,7-10,12-14H2. The van der Waals surface area contributed by atoms with Crippen LogP contribution in [0.15, 0.2) is 42.5 Å². The van der Waals surface area contributed by atoms with E-state index in [1.165, 1.54) is 4.90 Å². The first-order chi connectivity index (χ1) is 15.4. The van der Waals surface area contributed by atoms with Crippen LogP contribution >= 0.6 is 23.2 Å². The minimum absolute atomic E-state index is 0.0879. The number of anilines is 1. The molecular formula is C22H21Cl2N3O5. The van der Waals surface area contributed by atoms with Crippen LogP contribution in [0, 0.1) is 0 Å². The van der Waals surface area contributed by atoms with Crippen LogP contribution in [0.2, 0.25) is 10.0 Å². The summed E-state index contributed by atoms with van der Waals surface area (Å²) >= 11 is 11.9. The normalized spacial score (nSPS) is 15.8. The molecule has 1 fully saturated rings. The number of fused-ring (bicyclic) bond motifs is 1. The highest BCUT2D eigenvalue weighted by molar-refractivity contribution is 6.31. The van der Waals surface area contributed by atoms with Crippen molar-refractivity contribution in [3.63, 3.8) is 0 Å². The molecule has 0 bridgehead atoms. The Morgan fingerprint density at radius 3 is 2.22 bits per heavy atom. The number of hydrogen-bond donors (Lipinski definition) is 0. The SMILES string of the molecule is O=C(COc1ccc(Cl)cc1)N1CCN(C(=O)CN2C(=O)COc3ccc(Cl)cc32)CC1. The van der Waals surface area contributed by atoms with Crippen molar-refractivity contribution in [1.82, 2.24) is 9.80 Å². The quantitative estimate of drug-likeness (QED) is 0.660. The molecular weight excluding hydrogens is 457 g/mol. The van der Waals surface area contributed by atoms with Crippen LogP contribution in [0.1, 0.15) is 0 Å². The Morgan fingerprint density at radius 1 is 0.906 bits per heavy atom. The van der Waals surface area contributed by atoms with Gasteiger partial charge in [-0.2, -0.15) is 0 Å². The molecule has 0 spiro atoms. The summed E-state index contributed by atoms with van der Waals surface area (Å²) in [6.45, 7) is 1.23. The summed E-state index contributed by atoms with van der Waals surface area (Å²) in [5, 5.41) is 1.04. The number of piperazine rings is 1. The molecule has 2 aromatic rings. The van der Waals surface area contributed by atoms with Gasteiger partial charge in [0, 0.05) is 36.2 Å². The van der Waals surface area contributed by atoms with Crippen LogP contribution in [0.25, 0.3) is 0 Å². The second-order valence-corrected chi connectivity index (χ2v) is 8.26. The van der Waals surface area contributed by atoms with Crippen molar-refractivity contribution >= 4 is 46.6 Å². The van der Waals surface area contributed by atoms with Crippen molar-refractivity contribution < 1.29 is 23.9 Å². The smallest absolute Gasteiger partial charge is 0.265 e. The van der Waals surface area contributed by atoms with Gasteiger partial charge in [0.15, 0.2) is 13.2 Å². The molecule has 0 N–H and O–H groups in total. The number of halogens is 2. The van der Waals surface area contributed by atoms with Crippen molar-refractivity contribution in [2.45, 2.75) is 0 Å². The third-order valence-electron chi connectivity index (χ3n) is 5.32. The molecule has 0 unspecified atom stereocenters. The molecule has 2 aliphatic heterocycles. The van der Waals surface area contributed by atoms with Crippen molar-refractivity contribution in [2.75, 3.05) is 50.8 Å². The summed E-state index contributed by atoms with van der Waals surface area (Å²) in [5.41, 5.74) is 0.482. The second kappa shape index (κ2) is 9.67. The Morgan fingerprint density at radius 2 is 1.53 bits per heavy atom. The first kappa shape index (κ1) is 22.2. The van der Waals surface area contributed by atoms with Crippen LogP contribution in [0.3, 0.4) is 0 Å². The third-order valence-corrected chi connectivity index (χ3v) is 5.81. The molecule has 0 saturated carbocycles. The zero-order valence-electron chi connectivity index (χ0n) is 17.1. The minimum Gasteiger partial charge on any atom is -0.484 e. The summed E-state index contributed by atoms with van der Waals surface area (Å²) in [5.74, 6) is 0.418. The first-order valence-corrected chi connectivity index (χ1v) is 10.8. The van der Waals surface area contributed by atoms with Gasteiger partial charge in [-0.3, -0.25) is 19.3 Å². The zero-order chi connectivity index (χ0) is 22.7. The van der Waals surface area contributed by atoms with Gasteiger partial charge in [-0.15, -0.1) is 0 Å². The van der Waals surface area contributed by atoms with E-state index in [0.29, 0.717) is 53.4 Å². The topological polar surface area (TPSA) is 79.4 Å². The molecule has 1 saturated heterocycles. The van der Waals surface area contributed by atoms with Gasteiger partial charge in [-0.05, 0) is 42.5 Å². The van der Waals surface area contributed by atoms with E-state index in [1.54, 1.807) is 52.3 Å². The van der Waals surface area contributed by atoms with E-state index in [0.717, 1.165) is 0 Å². The van der Waals surface area contributed by atoms with Gasteiger partial charge < -0.3 is 19.3 Å². The number of carbonyl (C=O) groups excluding carboxylic acids is 3. The fraction of sp³-hybridized carbons (Fsp3) is 0.318. The van der Waals surface area contributed by atoms with Gasteiger partial charge in [0.2, 0.25) is 5.91 Å². The Kier molecular flexibility index (Phi) is 6.72. The maximum atomic E-state index is 12.8. The lowest BCUT2D eigenvalue weighted by atomic mass is 10.2. The third kappa shape index (κ3) is 5.08. The van der Waals surface area contributed by atoms with Crippen LogP contribution < -0.4 is 14.4 Å². The van der Waals surface area contributed by atoms with Crippen LogP contribution in [-0.2, 0) is 14.4 Å². The van der Waals surface area contributed by atoms with E-state index in [-0.39, 0.29) is 37.5 Å². The number of rotatable bonds is 5. The molecule has 2 aromatic carbocycles. The molecule has 2 aliphatic rings. The molecule has 0 aromatic heterocycles. The molecule has 168 valence electrons. The first-order valence-electron chi connectivity index (χ1n) is 10.1. The number of carbonyl (C=O) groups is 3. The maximum Gasteiger partial charge on any atom is 0.265 e. The Hall–Kier alpha value is -2.97. The van der Waals surface area contributed by atoms with Crippen molar-refractivity contribution in [3.05, 3.63) is 52.5 Å². The highest BCUT2D eigenvalue weighted by Gasteiger charge is 2.31. The number of amides is 3. The number of benzene rings is 2. The van der Waals surface area contributed by atoms with Crippen LogP contribution in [-0.4, -0.2) is 73.5 Å². The summed E-state index contributed by atoms with van der Waals surface area (Å²) < 4.78 is 10.9. The lowest BCUT2D eigenvalue weighted by molar-refractivity contribution is -0.140. The van der Waals surface area contributed by atoms with Gasteiger partial charge in [-0.25, -0.2) is 0 Å². The highest BCUT2D eigenvalue weighted by Crippen LogP contribution is 2.34. The molecule has 4 rings (SSSR count). The van der Waals surface area contributed by atoms with E-state index in [9.17, 15) is 14.4 Å². The summed E-state index contributed by atoms with van der Waals surface area (Å²) in [7, 11) is 0. The summed E-state index contributed by atoms with van der Waals surface area (Å²) in [6, 6.07) is 11.7. The second-order valence-electron chi connectivity index (χ2n) is 7.38. The van der Waals surface area contributed by atoms with E-state index in [1.807, 2.05) is 0 Å². The molecule has 3 amide bonds. The highest BCUT2D eigenvalue weighted by atomic mass is 35.5. The Labute approximate surface area is 195 Å². The predicted octanol–water partition coefficient (Wildman–Crippen LogP) is 2.47. The zero-order valence-corrected chi connectivity index (χ0v) is 18.6. The minimum atomic E-state index is -0.304. The molecule has 10 heteroatoms. The average molecular weight is 478 g/mol. The fourth-order valence-corrected chi connectivity index (χ4v) is 3.85. The fourth-order valence-electron chi connectivity index (χ4n) is 3.56. The van der Waals surface area contributed by atoms with Gasteiger partial charge in [0.05, 0.1) is 5.69 Å². The number of hydrogen-bond acceptors (Lipinski definition) is 5. The average Bonchev–Trinajstić information content (AvgIpc) is 2.80. The lowest BCUT2D eigenvalue weighted by Gasteiger charge is -2.36. The van der Waals surface area contributed by atoms with E-state index < -0.39 is 0 Å². The van der Waals surface area contributed by atoms with Crippen molar-refractivity contribution in [3.8, 4) is 11.5 Å². The molecule has 32 heavy (non-hydrogen) atoms. The van der Waals surface area contributed by atoms with Gasteiger partial charge in [-0.1, -0.05) is 23.2 Å². The van der Waals surface area contributed by atoms with E-state index >= 15 is 0 Å². The Balaban J connectivity index is 1.29. The lowest BCUT2D eigenvalue weighted by Crippen LogP contribution is -2.54. The number of nitrogens with zero attached hydrogens (tertiary/aromatic N) is 3. The van der Waals surface area contributed by atoms with Crippen LogP contribution in [0.5, 0.6) is 11.5 Å². The predicted molar refractivity (Wildman–Crippen MR) is 119 cm³/mol. The van der Waals surface area contributed by atoms with Gasteiger partial charge in [0.1, 0.15) is 18.0 Å². The summed E-state index contributed by atoms with van der Waals surface area (Å²) in [6.07, 6.45) is 0. The molecule has 0 atom stereocenters. The molecule has 8 nitrogen and oxygen atoms in total. The number of ether oxygens (including phenoxy) is 2. The maximum absolute atomic E-state index is 12.8. The van der Waals surface area contributed by atoms with E-state index in [4.69, 9.17) is 32.7 Å². The van der Waals surface area contributed by atoms with Gasteiger partial charge in [0.25, 0.3) is 11.8 Å². The van der Waals surface area contributed by atoms with E-state index in [2.05, 4.69) is 0 Å². The molecule has 0 aliphatic carbocycles. The monoisotopic (exact) mass is 477 g/mol. The summed E-state index contributed by atoms with van der Waals surface area (Å²) in [4.78, 5) is 42.3. The largest absolute Gasteiger partial charge is 0.484 e. The van der Waals surface area contributed by atoms with Crippen molar-refractivity contribution in [1.29, 1.82) is 0 Å². The van der Waals surface area contributed by atoms with Crippen LogP contribution in [0.4, 0.5) is 5.69 Å². The Bertz CT molecular complexity index is 1020. The van der Waals surface area contributed by atoms with Gasteiger partial charge >= 0.3 is 0 Å². The molecule has 0 radical (unpaired) electrons. The van der Waals surface area contributed by atoms with Crippen molar-refractivity contribution in [2.24, 2.45) is 0 Å².